The maximum absolute atomic E-state index is 12.2. The third-order valence-corrected chi connectivity index (χ3v) is 4.29. The number of halogens is 1. The van der Waals surface area contributed by atoms with E-state index in [1.54, 1.807) is 24.3 Å². The number of amides is 2. The van der Waals surface area contributed by atoms with Crippen molar-refractivity contribution in [3.63, 3.8) is 0 Å². The van der Waals surface area contributed by atoms with Gasteiger partial charge < -0.3 is 10.2 Å². The Bertz CT molecular complexity index is 537. The van der Waals surface area contributed by atoms with Crippen LogP contribution in [-0.4, -0.2) is 36.3 Å². The molecule has 1 saturated heterocycles. The summed E-state index contributed by atoms with van der Waals surface area (Å²) in [5.74, 6) is 0.965. The van der Waals surface area contributed by atoms with Gasteiger partial charge in [-0.1, -0.05) is 37.6 Å². The number of hydrogen-bond acceptors (Lipinski definition) is 2. The Kier molecular flexibility index (Phi) is 5.83. The molecule has 1 N–H and O–H groups in total. The van der Waals surface area contributed by atoms with Crippen LogP contribution in [0.1, 0.15) is 37.0 Å². The Morgan fingerprint density at radius 3 is 2.50 bits per heavy atom. The molecule has 0 saturated carbocycles. The number of carbonyl (C=O) groups excluding carboxylic acids is 2. The molecular weight excluding hydrogens is 300 g/mol. The molecule has 0 bridgehead atoms. The van der Waals surface area contributed by atoms with Crippen molar-refractivity contribution in [2.45, 2.75) is 26.7 Å². The average Bonchev–Trinajstić information content (AvgIpc) is 2.46. The van der Waals surface area contributed by atoms with Crippen LogP contribution in [0.25, 0.3) is 0 Å². The van der Waals surface area contributed by atoms with E-state index in [1.165, 1.54) is 6.42 Å². The number of nitrogens with one attached hydrogen (secondary N) is 1. The molecule has 1 aromatic carbocycles. The van der Waals surface area contributed by atoms with Gasteiger partial charge in [0.25, 0.3) is 5.91 Å². The van der Waals surface area contributed by atoms with Crippen molar-refractivity contribution in [1.29, 1.82) is 0 Å². The van der Waals surface area contributed by atoms with E-state index in [-0.39, 0.29) is 11.8 Å². The molecule has 2 rings (SSSR count). The van der Waals surface area contributed by atoms with Gasteiger partial charge in [0.2, 0.25) is 5.91 Å². The van der Waals surface area contributed by atoms with Gasteiger partial charge in [0.05, 0.1) is 10.6 Å². The van der Waals surface area contributed by atoms with Gasteiger partial charge in [0.15, 0.2) is 0 Å². The first-order valence-electron chi connectivity index (χ1n) is 7.78. The number of piperidine rings is 1. The Hall–Kier alpha value is -1.55. The van der Waals surface area contributed by atoms with Gasteiger partial charge in [-0.3, -0.25) is 9.59 Å². The van der Waals surface area contributed by atoms with Crippen molar-refractivity contribution in [3.05, 3.63) is 34.9 Å². The van der Waals surface area contributed by atoms with Gasteiger partial charge >= 0.3 is 0 Å². The zero-order chi connectivity index (χ0) is 16.1. The summed E-state index contributed by atoms with van der Waals surface area (Å²) in [5, 5.41) is 3.18. The molecule has 1 heterocycles. The maximum Gasteiger partial charge on any atom is 0.252 e. The summed E-state index contributed by atoms with van der Waals surface area (Å²) in [6, 6.07) is 6.90. The van der Waals surface area contributed by atoms with Crippen LogP contribution in [0, 0.1) is 11.8 Å². The van der Waals surface area contributed by atoms with Crippen LogP contribution < -0.4 is 5.32 Å². The Morgan fingerprint density at radius 1 is 1.23 bits per heavy atom. The van der Waals surface area contributed by atoms with E-state index < -0.39 is 0 Å². The molecule has 2 amide bonds. The molecule has 22 heavy (non-hydrogen) atoms. The predicted molar refractivity (Wildman–Crippen MR) is 87.9 cm³/mol. The minimum Gasteiger partial charge on any atom is -0.351 e. The van der Waals surface area contributed by atoms with E-state index in [1.807, 2.05) is 4.90 Å². The van der Waals surface area contributed by atoms with Crippen molar-refractivity contribution in [1.82, 2.24) is 10.2 Å². The lowest BCUT2D eigenvalue weighted by molar-refractivity contribution is -0.133. The van der Waals surface area contributed by atoms with Crippen LogP contribution in [0.4, 0.5) is 0 Å². The molecule has 1 aromatic rings. The molecule has 2 atom stereocenters. The van der Waals surface area contributed by atoms with E-state index in [4.69, 9.17) is 11.6 Å². The summed E-state index contributed by atoms with van der Waals surface area (Å²) in [4.78, 5) is 26.1. The third-order valence-electron chi connectivity index (χ3n) is 3.96. The van der Waals surface area contributed by atoms with Crippen LogP contribution in [0.5, 0.6) is 0 Å². The lowest BCUT2D eigenvalue weighted by atomic mass is 9.92. The second kappa shape index (κ2) is 7.63. The summed E-state index contributed by atoms with van der Waals surface area (Å²) in [7, 11) is 0. The predicted octanol–water partition coefficient (Wildman–Crippen LogP) is 2.96. The van der Waals surface area contributed by atoms with Gasteiger partial charge in [-0.15, -0.1) is 0 Å². The standard InChI is InChI=1S/C17H23ClN2O2/c1-12-9-13(2)11-20(10-12)16(21)7-8-19-17(22)14-5-3-4-6-15(14)18/h3-6,12-13H,7-11H2,1-2H3,(H,19,22)/t12-,13-/m0/s1. The minimum absolute atomic E-state index is 0.109. The second-order valence-electron chi connectivity index (χ2n) is 6.23. The molecule has 0 aromatic heterocycles. The molecule has 4 nitrogen and oxygen atoms in total. The molecule has 1 aliphatic rings. The van der Waals surface area contributed by atoms with Gasteiger partial charge in [0.1, 0.15) is 0 Å². The van der Waals surface area contributed by atoms with E-state index in [2.05, 4.69) is 19.2 Å². The first-order valence-corrected chi connectivity index (χ1v) is 8.15. The largest absolute Gasteiger partial charge is 0.351 e. The number of hydrogen-bond donors (Lipinski definition) is 1. The number of benzene rings is 1. The smallest absolute Gasteiger partial charge is 0.252 e. The Morgan fingerprint density at radius 2 is 1.86 bits per heavy atom. The first-order chi connectivity index (χ1) is 10.5. The number of rotatable bonds is 4. The molecule has 0 aliphatic carbocycles. The fourth-order valence-electron chi connectivity index (χ4n) is 3.05. The van der Waals surface area contributed by atoms with Crippen molar-refractivity contribution in [2.24, 2.45) is 11.8 Å². The number of likely N-dealkylation sites (tertiary alicyclic amines) is 1. The van der Waals surface area contributed by atoms with Crippen LogP contribution in [-0.2, 0) is 4.79 Å². The quantitative estimate of drug-likeness (QED) is 0.926. The lowest BCUT2D eigenvalue weighted by Gasteiger charge is -2.35. The number of nitrogens with zero attached hydrogens (tertiary/aromatic N) is 1. The number of carbonyl (C=O) groups is 2. The lowest BCUT2D eigenvalue weighted by Crippen LogP contribution is -2.43. The first kappa shape index (κ1) is 16.8. The third kappa shape index (κ3) is 4.47. The van der Waals surface area contributed by atoms with Crippen molar-refractivity contribution < 1.29 is 9.59 Å². The molecule has 1 aliphatic heterocycles. The molecular formula is C17H23ClN2O2. The van der Waals surface area contributed by atoms with Gasteiger partial charge in [-0.05, 0) is 30.4 Å². The van der Waals surface area contributed by atoms with Crippen molar-refractivity contribution >= 4 is 23.4 Å². The normalized spacial score (nSPS) is 21.5. The Labute approximate surface area is 136 Å². The minimum atomic E-state index is -0.237. The molecule has 120 valence electrons. The molecule has 1 fully saturated rings. The van der Waals surface area contributed by atoms with E-state index in [9.17, 15) is 9.59 Å². The highest BCUT2D eigenvalue weighted by molar-refractivity contribution is 6.33. The Balaban J connectivity index is 1.80. The van der Waals surface area contributed by atoms with Crippen LogP contribution in [0.3, 0.4) is 0 Å². The molecule has 5 heteroatoms. The van der Waals surface area contributed by atoms with Crippen LogP contribution in [0.2, 0.25) is 5.02 Å². The molecule has 0 unspecified atom stereocenters. The topological polar surface area (TPSA) is 49.4 Å². The van der Waals surface area contributed by atoms with Gasteiger partial charge in [0, 0.05) is 26.1 Å². The SMILES string of the molecule is C[C@H]1C[C@H](C)CN(C(=O)CCNC(=O)c2ccccc2Cl)C1. The summed E-state index contributed by atoms with van der Waals surface area (Å²) in [5.41, 5.74) is 0.442. The fraction of sp³-hybridized carbons (Fsp3) is 0.529. The zero-order valence-electron chi connectivity index (χ0n) is 13.1. The fourth-order valence-corrected chi connectivity index (χ4v) is 3.27. The second-order valence-corrected chi connectivity index (χ2v) is 6.64. The zero-order valence-corrected chi connectivity index (χ0v) is 13.9. The van der Waals surface area contributed by atoms with E-state index in [0.29, 0.717) is 35.4 Å². The summed E-state index contributed by atoms with van der Waals surface area (Å²) < 4.78 is 0. The van der Waals surface area contributed by atoms with Crippen LogP contribution in [0.15, 0.2) is 24.3 Å². The average molecular weight is 323 g/mol. The van der Waals surface area contributed by atoms with Crippen molar-refractivity contribution in [3.8, 4) is 0 Å². The van der Waals surface area contributed by atoms with E-state index >= 15 is 0 Å². The highest BCUT2D eigenvalue weighted by atomic mass is 35.5. The highest BCUT2D eigenvalue weighted by Crippen LogP contribution is 2.21. The molecule has 0 radical (unpaired) electrons. The monoisotopic (exact) mass is 322 g/mol. The summed E-state index contributed by atoms with van der Waals surface area (Å²) >= 11 is 5.98. The van der Waals surface area contributed by atoms with Crippen molar-refractivity contribution in [2.75, 3.05) is 19.6 Å². The van der Waals surface area contributed by atoms with E-state index in [0.717, 1.165) is 13.1 Å². The highest BCUT2D eigenvalue weighted by Gasteiger charge is 2.25. The molecule has 0 spiro atoms. The van der Waals surface area contributed by atoms with Crippen LogP contribution >= 0.6 is 11.6 Å². The van der Waals surface area contributed by atoms with Gasteiger partial charge in [-0.25, -0.2) is 0 Å². The maximum atomic E-state index is 12.2. The summed E-state index contributed by atoms with van der Waals surface area (Å²) in [6.07, 6.45) is 1.50. The summed E-state index contributed by atoms with van der Waals surface area (Å²) in [6.45, 7) is 6.33. The van der Waals surface area contributed by atoms with Gasteiger partial charge in [-0.2, -0.15) is 0 Å².